The van der Waals surface area contributed by atoms with E-state index in [0.717, 1.165) is 32.4 Å². The number of carbonyl (C=O) groups excluding carboxylic acids is 1. The van der Waals surface area contributed by atoms with E-state index in [9.17, 15) is 4.79 Å². The molecule has 0 aliphatic carbocycles. The van der Waals surface area contributed by atoms with Gasteiger partial charge in [-0.3, -0.25) is 4.79 Å². The number of likely N-dealkylation sites (tertiary alicyclic amines) is 1. The minimum atomic E-state index is 0.324. The predicted octanol–water partition coefficient (Wildman–Crippen LogP) is 2.47. The van der Waals surface area contributed by atoms with E-state index in [1.807, 2.05) is 4.90 Å². The van der Waals surface area contributed by atoms with E-state index in [0.29, 0.717) is 5.91 Å². The van der Waals surface area contributed by atoms with Crippen LogP contribution in [0.1, 0.15) is 29.5 Å². The second-order valence-electron chi connectivity index (χ2n) is 4.66. The third-order valence-corrected chi connectivity index (χ3v) is 3.32. The van der Waals surface area contributed by atoms with Gasteiger partial charge in [-0.15, -0.1) is 0 Å². The maximum Gasteiger partial charge on any atom is 0.222 e. The van der Waals surface area contributed by atoms with Crippen LogP contribution >= 0.6 is 0 Å². The van der Waals surface area contributed by atoms with Crippen LogP contribution in [0.25, 0.3) is 0 Å². The number of hydrogen-bond acceptors (Lipinski definition) is 1. The second-order valence-corrected chi connectivity index (χ2v) is 4.66. The van der Waals surface area contributed by atoms with Crippen LogP contribution in [0.3, 0.4) is 0 Å². The molecule has 16 heavy (non-hydrogen) atoms. The van der Waals surface area contributed by atoms with Gasteiger partial charge in [0, 0.05) is 19.5 Å². The van der Waals surface area contributed by atoms with Gasteiger partial charge in [0.2, 0.25) is 5.91 Å². The van der Waals surface area contributed by atoms with Crippen molar-refractivity contribution in [1.82, 2.24) is 4.90 Å². The Balaban J connectivity index is 1.96. The third kappa shape index (κ3) is 2.43. The van der Waals surface area contributed by atoms with Crippen molar-refractivity contribution in [1.29, 1.82) is 0 Å². The fourth-order valence-electron chi connectivity index (χ4n) is 2.32. The number of rotatable bonds is 3. The summed E-state index contributed by atoms with van der Waals surface area (Å²) in [5.41, 5.74) is 4.01. The minimum Gasteiger partial charge on any atom is -0.342 e. The summed E-state index contributed by atoms with van der Waals surface area (Å²) in [4.78, 5) is 13.4. The molecule has 1 saturated heterocycles. The lowest BCUT2D eigenvalue weighted by Crippen LogP contribution is -2.27. The molecule has 2 rings (SSSR count). The van der Waals surface area contributed by atoms with Crippen LogP contribution in [0.2, 0.25) is 0 Å². The van der Waals surface area contributed by atoms with Gasteiger partial charge in [0.1, 0.15) is 0 Å². The van der Waals surface area contributed by atoms with Crippen molar-refractivity contribution in [2.75, 3.05) is 13.1 Å². The van der Waals surface area contributed by atoms with Crippen molar-refractivity contribution in [2.45, 2.75) is 33.1 Å². The number of nitrogens with zero attached hydrogens (tertiary/aromatic N) is 1. The Kier molecular flexibility index (Phi) is 3.28. The summed E-state index contributed by atoms with van der Waals surface area (Å²) < 4.78 is 0. The highest BCUT2D eigenvalue weighted by Crippen LogP contribution is 2.14. The Labute approximate surface area is 97.3 Å². The quantitative estimate of drug-likeness (QED) is 0.761. The summed E-state index contributed by atoms with van der Waals surface area (Å²) in [5.74, 6) is 0.324. The second kappa shape index (κ2) is 4.69. The fraction of sp³-hybridized carbons (Fsp3) is 0.500. The molecule has 0 saturated carbocycles. The monoisotopic (exact) mass is 217 g/mol. The van der Waals surface area contributed by atoms with Crippen LogP contribution in [0.15, 0.2) is 18.2 Å². The molecule has 1 amide bonds. The summed E-state index contributed by atoms with van der Waals surface area (Å²) >= 11 is 0. The Hall–Kier alpha value is -1.31. The van der Waals surface area contributed by atoms with Gasteiger partial charge in [-0.05, 0) is 37.8 Å². The van der Waals surface area contributed by atoms with Crippen molar-refractivity contribution in [3.05, 3.63) is 34.9 Å². The first-order chi connectivity index (χ1) is 7.66. The molecule has 2 nitrogen and oxygen atoms in total. The van der Waals surface area contributed by atoms with Gasteiger partial charge in [-0.25, -0.2) is 0 Å². The number of hydrogen-bond donors (Lipinski definition) is 0. The maximum absolute atomic E-state index is 11.5. The zero-order chi connectivity index (χ0) is 11.5. The van der Waals surface area contributed by atoms with E-state index in [4.69, 9.17) is 0 Å². The molecule has 1 fully saturated rings. The minimum absolute atomic E-state index is 0.324. The SMILES string of the molecule is Cc1ccc(CCN2CCCC2=O)c(C)c1. The van der Waals surface area contributed by atoms with Crippen LogP contribution in [-0.4, -0.2) is 23.9 Å². The molecule has 1 heterocycles. The lowest BCUT2D eigenvalue weighted by Gasteiger charge is -2.16. The third-order valence-electron chi connectivity index (χ3n) is 3.32. The highest BCUT2D eigenvalue weighted by Gasteiger charge is 2.19. The van der Waals surface area contributed by atoms with E-state index >= 15 is 0 Å². The van der Waals surface area contributed by atoms with Gasteiger partial charge < -0.3 is 4.90 Å². The molecular formula is C14H19NO. The number of amides is 1. The van der Waals surface area contributed by atoms with Crippen molar-refractivity contribution >= 4 is 5.91 Å². The highest BCUT2D eigenvalue weighted by atomic mass is 16.2. The Morgan fingerprint density at radius 3 is 2.75 bits per heavy atom. The molecule has 0 bridgehead atoms. The fourth-order valence-corrected chi connectivity index (χ4v) is 2.32. The largest absolute Gasteiger partial charge is 0.342 e. The Morgan fingerprint density at radius 2 is 2.12 bits per heavy atom. The van der Waals surface area contributed by atoms with Gasteiger partial charge in [-0.1, -0.05) is 23.8 Å². The summed E-state index contributed by atoms with van der Waals surface area (Å²) in [6.07, 6.45) is 2.76. The van der Waals surface area contributed by atoms with Gasteiger partial charge in [0.05, 0.1) is 0 Å². The lowest BCUT2D eigenvalue weighted by molar-refractivity contribution is -0.127. The smallest absolute Gasteiger partial charge is 0.222 e. The Morgan fingerprint density at radius 1 is 1.31 bits per heavy atom. The average molecular weight is 217 g/mol. The zero-order valence-electron chi connectivity index (χ0n) is 10.1. The van der Waals surface area contributed by atoms with Crippen LogP contribution in [-0.2, 0) is 11.2 Å². The average Bonchev–Trinajstić information content (AvgIpc) is 2.63. The molecule has 1 aromatic carbocycles. The van der Waals surface area contributed by atoms with Crippen molar-refractivity contribution in [3.8, 4) is 0 Å². The normalized spacial score (nSPS) is 15.9. The molecule has 1 aromatic rings. The van der Waals surface area contributed by atoms with Crippen molar-refractivity contribution in [2.24, 2.45) is 0 Å². The number of carbonyl (C=O) groups is 1. The van der Waals surface area contributed by atoms with Crippen LogP contribution in [0, 0.1) is 13.8 Å². The molecule has 2 heteroatoms. The molecule has 0 radical (unpaired) electrons. The molecule has 0 atom stereocenters. The van der Waals surface area contributed by atoms with E-state index in [-0.39, 0.29) is 0 Å². The van der Waals surface area contributed by atoms with Crippen LogP contribution in [0.5, 0.6) is 0 Å². The predicted molar refractivity (Wildman–Crippen MR) is 65.4 cm³/mol. The molecule has 1 aliphatic heterocycles. The molecule has 0 spiro atoms. The number of benzene rings is 1. The summed E-state index contributed by atoms with van der Waals surface area (Å²) in [5, 5.41) is 0. The van der Waals surface area contributed by atoms with Gasteiger partial charge in [0.25, 0.3) is 0 Å². The van der Waals surface area contributed by atoms with Gasteiger partial charge >= 0.3 is 0 Å². The van der Waals surface area contributed by atoms with E-state index < -0.39 is 0 Å². The number of aryl methyl sites for hydroxylation is 2. The first-order valence-electron chi connectivity index (χ1n) is 6.01. The first-order valence-corrected chi connectivity index (χ1v) is 6.01. The standard InChI is InChI=1S/C14H19NO/c1-11-5-6-13(12(2)10-11)7-9-15-8-3-4-14(15)16/h5-6,10H,3-4,7-9H2,1-2H3. The van der Waals surface area contributed by atoms with E-state index in [1.54, 1.807) is 0 Å². The van der Waals surface area contributed by atoms with E-state index in [1.165, 1.54) is 16.7 Å². The molecule has 0 unspecified atom stereocenters. The molecule has 0 aromatic heterocycles. The van der Waals surface area contributed by atoms with E-state index in [2.05, 4.69) is 32.0 Å². The van der Waals surface area contributed by atoms with Crippen LogP contribution in [0.4, 0.5) is 0 Å². The van der Waals surface area contributed by atoms with Gasteiger partial charge in [0.15, 0.2) is 0 Å². The van der Waals surface area contributed by atoms with Crippen molar-refractivity contribution in [3.63, 3.8) is 0 Å². The summed E-state index contributed by atoms with van der Waals surface area (Å²) in [6, 6.07) is 6.54. The first kappa shape index (κ1) is 11.2. The summed E-state index contributed by atoms with van der Waals surface area (Å²) in [7, 11) is 0. The van der Waals surface area contributed by atoms with Gasteiger partial charge in [-0.2, -0.15) is 0 Å². The Bertz CT molecular complexity index is 398. The maximum atomic E-state index is 11.5. The molecular weight excluding hydrogens is 198 g/mol. The zero-order valence-corrected chi connectivity index (χ0v) is 10.1. The van der Waals surface area contributed by atoms with Crippen LogP contribution < -0.4 is 0 Å². The highest BCUT2D eigenvalue weighted by molar-refractivity contribution is 5.78. The summed E-state index contributed by atoms with van der Waals surface area (Å²) in [6.45, 7) is 6.08. The molecule has 86 valence electrons. The van der Waals surface area contributed by atoms with Crippen molar-refractivity contribution < 1.29 is 4.79 Å². The molecule has 0 N–H and O–H groups in total. The molecule has 1 aliphatic rings. The topological polar surface area (TPSA) is 20.3 Å². The lowest BCUT2D eigenvalue weighted by atomic mass is 10.0.